The third-order valence-electron chi connectivity index (χ3n) is 3.99. The van der Waals surface area contributed by atoms with Crippen LogP contribution in [-0.4, -0.2) is 36.7 Å². The molecule has 0 radical (unpaired) electrons. The molecule has 2 N–H and O–H groups in total. The van der Waals surface area contributed by atoms with Crippen LogP contribution in [0.5, 0.6) is 17.2 Å². The lowest BCUT2D eigenvalue weighted by molar-refractivity contribution is 0.102. The molecular formula is C21H22N4O4. The van der Waals surface area contributed by atoms with Crippen LogP contribution in [0.15, 0.2) is 54.9 Å². The number of hydrogen-bond donors (Lipinski definition) is 2. The third-order valence-corrected chi connectivity index (χ3v) is 3.99. The highest BCUT2D eigenvalue weighted by atomic mass is 16.5. The normalized spacial score (nSPS) is 10.2. The van der Waals surface area contributed by atoms with E-state index in [0.717, 1.165) is 5.75 Å². The minimum absolute atomic E-state index is 0.303. The highest BCUT2D eigenvalue weighted by Gasteiger charge is 2.10. The molecule has 1 aromatic heterocycles. The number of anilines is 3. The summed E-state index contributed by atoms with van der Waals surface area (Å²) in [5.74, 6) is 2.05. The minimum atomic E-state index is -0.303. The van der Waals surface area contributed by atoms with Gasteiger partial charge in [0.25, 0.3) is 5.91 Å². The number of aromatic nitrogens is 2. The van der Waals surface area contributed by atoms with Gasteiger partial charge < -0.3 is 24.8 Å². The van der Waals surface area contributed by atoms with Crippen LogP contribution in [0.1, 0.15) is 17.3 Å². The van der Waals surface area contributed by atoms with Crippen molar-refractivity contribution in [3.63, 3.8) is 0 Å². The van der Waals surface area contributed by atoms with Crippen LogP contribution in [0.2, 0.25) is 0 Å². The quantitative estimate of drug-likeness (QED) is 0.598. The lowest BCUT2D eigenvalue weighted by Gasteiger charge is -2.11. The van der Waals surface area contributed by atoms with Crippen molar-refractivity contribution >= 4 is 23.2 Å². The highest BCUT2D eigenvalue weighted by molar-refractivity contribution is 6.03. The molecule has 0 saturated heterocycles. The lowest BCUT2D eigenvalue weighted by Crippen LogP contribution is -2.13. The number of nitrogens with zero attached hydrogens (tertiary/aromatic N) is 2. The summed E-state index contributed by atoms with van der Waals surface area (Å²) in [6.07, 6.45) is 2.91. The SMILES string of the molecule is CCOc1ccc(NC(=O)c2cnc(Nc3ccc(OC)cc3OC)nc2)cc1. The maximum Gasteiger partial charge on any atom is 0.258 e. The van der Waals surface area contributed by atoms with Crippen molar-refractivity contribution in [2.24, 2.45) is 0 Å². The summed E-state index contributed by atoms with van der Waals surface area (Å²) >= 11 is 0. The predicted molar refractivity (Wildman–Crippen MR) is 110 cm³/mol. The summed E-state index contributed by atoms with van der Waals surface area (Å²) in [6, 6.07) is 12.5. The van der Waals surface area contributed by atoms with E-state index in [0.29, 0.717) is 41.0 Å². The van der Waals surface area contributed by atoms with Gasteiger partial charge in [-0.3, -0.25) is 4.79 Å². The van der Waals surface area contributed by atoms with E-state index in [1.54, 1.807) is 56.7 Å². The predicted octanol–water partition coefficient (Wildman–Crippen LogP) is 3.89. The van der Waals surface area contributed by atoms with E-state index in [2.05, 4.69) is 20.6 Å². The van der Waals surface area contributed by atoms with E-state index in [4.69, 9.17) is 14.2 Å². The Morgan fingerprint density at radius 1 is 0.966 bits per heavy atom. The Morgan fingerprint density at radius 3 is 2.28 bits per heavy atom. The number of rotatable bonds is 8. The number of nitrogens with one attached hydrogen (secondary N) is 2. The third kappa shape index (κ3) is 5.13. The molecule has 8 heteroatoms. The van der Waals surface area contributed by atoms with Crippen LogP contribution in [0, 0.1) is 0 Å². The fourth-order valence-electron chi connectivity index (χ4n) is 2.54. The maximum absolute atomic E-state index is 12.4. The minimum Gasteiger partial charge on any atom is -0.497 e. The molecule has 0 aliphatic carbocycles. The Hall–Kier alpha value is -3.81. The van der Waals surface area contributed by atoms with Gasteiger partial charge in [0, 0.05) is 24.1 Å². The average molecular weight is 394 g/mol. The maximum atomic E-state index is 12.4. The van der Waals surface area contributed by atoms with E-state index < -0.39 is 0 Å². The Balaban J connectivity index is 1.66. The number of amides is 1. The molecule has 0 unspecified atom stereocenters. The molecule has 0 aliphatic heterocycles. The molecule has 0 bridgehead atoms. The molecule has 0 aliphatic rings. The van der Waals surface area contributed by atoms with Crippen LogP contribution >= 0.6 is 0 Å². The number of carbonyl (C=O) groups excluding carboxylic acids is 1. The van der Waals surface area contributed by atoms with Gasteiger partial charge in [0.1, 0.15) is 17.2 Å². The number of hydrogen-bond acceptors (Lipinski definition) is 7. The van der Waals surface area contributed by atoms with Crippen molar-refractivity contribution in [3.8, 4) is 17.2 Å². The summed E-state index contributed by atoms with van der Waals surface area (Å²) < 4.78 is 15.9. The topological polar surface area (TPSA) is 94.6 Å². The van der Waals surface area contributed by atoms with E-state index >= 15 is 0 Å². The first-order valence-electron chi connectivity index (χ1n) is 8.98. The zero-order valence-corrected chi connectivity index (χ0v) is 16.4. The molecule has 1 heterocycles. The van der Waals surface area contributed by atoms with Crippen LogP contribution in [0.3, 0.4) is 0 Å². The van der Waals surface area contributed by atoms with E-state index in [1.807, 2.05) is 6.92 Å². The van der Waals surface area contributed by atoms with Crippen LogP contribution in [0.25, 0.3) is 0 Å². The first-order valence-corrected chi connectivity index (χ1v) is 8.98. The Morgan fingerprint density at radius 2 is 1.66 bits per heavy atom. The fourth-order valence-corrected chi connectivity index (χ4v) is 2.54. The second-order valence-corrected chi connectivity index (χ2v) is 5.90. The van der Waals surface area contributed by atoms with Gasteiger partial charge in [0.05, 0.1) is 32.1 Å². The number of ether oxygens (including phenoxy) is 3. The van der Waals surface area contributed by atoms with Crippen molar-refractivity contribution in [3.05, 3.63) is 60.4 Å². The zero-order chi connectivity index (χ0) is 20.6. The van der Waals surface area contributed by atoms with Gasteiger partial charge in [0.15, 0.2) is 0 Å². The smallest absolute Gasteiger partial charge is 0.258 e. The Kier molecular flexibility index (Phi) is 6.47. The molecule has 150 valence electrons. The van der Waals surface area contributed by atoms with Gasteiger partial charge in [-0.2, -0.15) is 0 Å². The second kappa shape index (κ2) is 9.41. The van der Waals surface area contributed by atoms with E-state index in [1.165, 1.54) is 12.4 Å². The van der Waals surface area contributed by atoms with Gasteiger partial charge in [0.2, 0.25) is 5.95 Å². The molecule has 29 heavy (non-hydrogen) atoms. The molecule has 2 aromatic carbocycles. The molecular weight excluding hydrogens is 372 g/mol. The summed E-state index contributed by atoms with van der Waals surface area (Å²) in [5.41, 5.74) is 1.68. The van der Waals surface area contributed by atoms with Crippen LogP contribution < -0.4 is 24.8 Å². The molecule has 3 aromatic rings. The first kappa shape index (κ1) is 19.9. The van der Waals surface area contributed by atoms with Gasteiger partial charge >= 0.3 is 0 Å². The largest absolute Gasteiger partial charge is 0.497 e. The lowest BCUT2D eigenvalue weighted by atomic mass is 10.2. The standard InChI is InChI=1S/C21H22N4O4/c1-4-29-16-7-5-15(6-8-16)24-20(26)14-12-22-21(23-13-14)25-18-10-9-17(27-2)11-19(18)28-3/h5-13H,4H2,1-3H3,(H,24,26)(H,22,23,25). The molecule has 0 saturated carbocycles. The fraction of sp³-hybridized carbons (Fsp3) is 0.190. The molecule has 0 fully saturated rings. The summed E-state index contributed by atoms with van der Waals surface area (Å²) in [7, 11) is 3.15. The summed E-state index contributed by atoms with van der Waals surface area (Å²) in [4.78, 5) is 20.8. The van der Waals surface area contributed by atoms with Crippen molar-refractivity contribution < 1.29 is 19.0 Å². The average Bonchev–Trinajstić information content (AvgIpc) is 2.76. The second-order valence-electron chi connectivity index (χ2n) is 5.90. The number of benzene rings is 2. The van der Waals surface area contributed by atoms with Gasteiger partial charge in [-0.25, -0.2) is 9.97 Å². The van der Waals surface area contributed by atoms with Crippen molar-refractivity contribution in [1.82, 2.24) is 9.97 Å². The van der Waals surface area contributed by atoms with Gasteiger partial charge in [-0.05, 0) is 43.3 Å². The molecule has 0 atom stereocenters. The molecule has 1 amide bonds. The molecule has 0 spiro atoms. The van der Waals surface area contributed by atoms with Crippen molar-refractivity contribution in [1.29, 1.82) is 0 Å². The zero-order valence-electron chi connectivity index (χ0n) is 16.4. The Labute approximate surface area is 168 Å². The summed E-state index contributed by atoms with van der Waals surface area (Å²) in [6.45, 7) is 2.50. The van der Waals surface area contributed by atoms with Crippen molar-refractivity contribution in [2.45, 2.75) is 6.92 Å². The highest BCUT2D eigenvalue weighted by Crippen LogP contribution is 2.30. The van der Waals surface area contributed by atoms with E-state index in [-0.39, 0.29) is 5.91 Å². The molecule has 3 rings (SSSR count). The number of methoxy groups -OCH3 is 2. The van der Waals surface area contributed by atoms with Gasteiger partial charge in [-0.1, -0.05) is 0 Å². The van der Waals surface area contributed by atoms with Crippen LogP contribution in [-0.2, 0) is 0 Å². The first-order chi connectivity index (χ1) is 14.1. The molecule has 8 nitrogen and oxygen atoms in total. The van der Waals surface area contributed by atoms with Crippen LogP contribution in [0.4, 0.5) is 17.3 Å². The Bertz CT molecular complexity index is 959. The summed E-state index contributed by atoms with van der Waals surface area (Å²) in [5, 5.41) is 5.86. The number of carbonyl (C=O) groups is 1. The monoisotopic (exact) mass is 394 g/mol. The van der Waals surface area contributed by atoms with Crippen molar-refractivity contribution in [2.75, 3.05) is 31.5 Å². The van der Waals surface area contributed by atoms with E-state index in [9.17, 15) is 4.79 Å². The van der Waals surface area contributed by atoms with Gasteiger partial charge in [-0.15, -0.1) is 0 Å².